The van der Waals surface area contributed by atoms with Gasteiger partial charge in [-0.1, -0.05) is 18.7 Å². The molecule has 0 heterocycles. The van der Waals surface area contributed by atoms with Crippen LogP contribution in [0, 0.1) is 5.92 Å². The van der Waals surface area contributed by atoms with E-state index >= 15 is 0 Å². The normalized spacial score (nSPS) is 12.4. The van der Waals surface area contributed by atoms with Crippen LogP contribution in [-0.2, 0) is 14.5 Å². The monoisotopic (exact) mass is 169 g/mol. The molecule has 0 aliphatic carbocycles. The molecule has 0 bridgehead atoms. The van der Waals surface area contributed by atoms with Crippen molar-refractivity contribution in [2.75, 3.05) is 6.61 Å². The number of hydrogen-bond donors (Lipinski definition) is 2. The zero-order valence-corrected chi connectivity index (χ0v) is 6.68. The van der Waals surface area contributed by atoms with Gasteiger partial charge in [0.1, 0.15) is 0 Å². The summed E-state index contributed by atoms with van der Waals surface area (Å²) in [5, 5.41) is 7.94. The van der Waals surface area contributed by atoms with Crippen molar-refractivity contribution in [2.45, 2.75) is 13.8 Å². The molecule has 0 aromatic heterocycles. The van der Waals surface area contributed by atoms with Crippen LogP contribution in [0.2, 0.25) is 0 Å². The lowest BCUT2D eigenvalue weighted by molar-refractivity contribution is 0.194. The van der Waals surface area contributed by atoms with E-state index in [2.05, 4.69) is 4.18 Å². The molecule has 0 aromatic rings. The minimum absolute atomic E-state index is 0.0654. The minimum Gasteiger partial charge on any atom is -0.300 e. The van der Waals surface area contributed by atoms with Crippen LogP contribution in [0.5, 0.6) is 0 Å². The van der Waals surface area contributed by atoms with Crippen LogP contribution in [0.1, 0.15) is 13.8 Å². The van der Waals surface area contributed by atoms with Crippen LogP contribution in [0.25, 0.3) is 0 Å². The lowest BCUT2D eigenvalue weighted by Gasteiger charge is -2.04. The first-order valence-corrected chi connectivity index (χ1v) is 4.19. The summed E-state index contributed by atoms with van der Waals surface area (Å²) in [6.45, 7) is 3.66. The van der Waals surface area contributed by atoms with Crippen LogP contribution in [-0.4, -0.2) is 20.2 Å². The summed E-state index contributed by atoms with van der Waals surface area (Å²) in [6, 6.07) is 0. The van der Waals surface area contributed by atoms with E-state index < -0.39 is 10.3 Å². The third kappa shape index (κ3) is 4.68. The predicted molar refractivity (Wildman–Crippen MR) is 34.6 cm³/mol. The summed E-state index contributed by atoms with van der Waals surface area (Å²) >= 11 is 0. The molecule has 0 saturated heterocycles. The fraction of sp³-hybridized carbons (Fsp3) is 1.00. The Morgan fingerprint density at radius 1 is 1.60 bits per heavy atom. The van der Waals surface area contributed by atoms with Crippen molar-refractivity contribution in [3.05, 3.63) is 0 Å². The van der Waals surface area contributed by atoms with E-state index in [-0.39, 0.29) is 12.5 Å². The molecule has 0 aromatic carbocycles. The Morgan fingerprint density at radius 3 is 2.40 bits per heavy atom. The average molecular weight is 169 g/mol. The van der Waals surface area contributed by atoms with Crippen LogP contribution >= 0.6 is 0 Å². The molecular weight excluding hydrogens is 158 g/mol. The number of hydrogen-bond acceptors (Lipinski definition) is 4. The van der Waals surface area contributed by atoms with Crippen molar-refractivity contribution in [3.8, 4) is 0 Å². The van der Waals surface area contributed by atoms with E-state index in [4.69, 9.17) is 5.21 Å². The Morgan fingerprint density at radius 2 is 2.10 bits per heavy atom. The Hall–Kier alpha value is -0.170. The highest BCUT2D eigenvalue weighted by molar-refractivity contribution is 7.84. The molecule has 5 nitrogen and oxygen atoms in total. The molecular formula is C4H11NO4S. The maximum absolute atomic E-state index is 10.3. The first kappa shape index (κ1) is 9.83. The fourth-order valence-electron chi connectivity index (χ4n) is 0.252. The largest absolute Gasteiger partial charge is 0.358 e. The van der Waals surface area contributed by atoms with Crippen molar-refractivity contribution in [1.82, 2.24) is 4.89 Å². The van der Waals surface area contributed by atoms with E-state index in [9.17, 15) is 8.42 Å². The minimum atomic E-state index is -3.91. The summed E-state index contributed by atoms with van der Waals surface area (Å²) in [4.78, 5) is 1.05. The maximum Gasteiger partial charge on any atom is 0.358 e. The van der Waals surface area contributed by atoms with Crippen LogP contribution < -0.4 is 4.89 Å². The first-order valence-electron chi connectivity index (χ1n) is 2.78. The van der Waals surface area contributed by atoms with E-state index in [1.165, 1.54) is 0 Å². The summed E-state index contributed by atoms with van der Waals surface area (Å²) in [7, 11) is -3.91. The molecule has 6 heteroatoms. The molecule has 0 unspecified atom stereocenters. The Balaban J connectivity index is 3.70. The second-order valence-electron chi connectivity index (χ2n) is 2.22. The Labute approximate surface area is 60.2 Å². The highest BCUT2D eigenvalue weighted by atomic mass is 32.2. The van der Waals surface area contributed by atoms with Crippen LogP contribution in [0.4, 0.5) is 0 Å². The highest BCUT2D eigenvalue weighted by Crippen LogP contribution is 1.95. The van der Waals surface area contributed by atoms with Crippen molar-refractivity contribution >= 4 is 10.3 Å². The van der Waals surface area contributed by atoms with Gasteiger partial charge >= 0.3 is 10.3 Å². The van der Waals surface area contributed by atoms with Crippen molar-refractivity contribution in [3.63, 3.8) is 0 Å². The smallest absolute Gasteiger partial charge is 0.300 e. The lowest BCUT2D eigenvalue weighted by Crippen LogP contribution is -2.23. The third-order valence-electron chi connectivity index (χ3n) is 0.668. The van der Waals surface area contributed by atoms with Crippen molar-refractivity contribution < 1.29 is 17.8 Å². The van der Waals surface area contributed by atoms with Gasteiger partial charge in [0.15, 0.2) is 0 Å². The molecule has 0 spiro atoms. The van der Waals surface area contributed by atoms with Gasteiger partial charge in [-0.2, -0.15) is 8.42 Å². The molecule has 0 aliphatic rings. The topological polar surface area (TPSA) is 75.6 Å². The number of rotatable bonds is 4. The fourth-order valence-corrected chi connectivity index (χ4v) is 0.756. The van der Waals surface area contributed by atoms with Gasteiger partial charge in [0.25, 0.3) is 0 Å². The van der Waals surface area contributed by atoms with Gasteiger partial charge in [-0.25, -0.2) is 0 Å². The summed E-state index contributed by atoms with van der Waals surface area (Å²) in [6.07, 6.45) is 0. The zero-order chi connectivity index (χ0) is 8.20. The number of nitrogens with one attached hydrogen (secondary N) is 1. The standard InChI is InChI=1S/C4H11NO4S/c1-4(2)3-9-10(7,8)5-6/h4-6H,3H2,1-2H3. The summed E-state index contributed by atoms with van der Waals surface area (Å²) < 4.78 is 24.9. The highest BCUT2D eigenvalue weighted by Gasteiger charge is 2.08. The molecule has 2 N–H and O–H groups in total. The van der Waals surface area contributed by atoms with Gasteiger partial charge in [-0.3, -0.25) is 4.18 Å². The van der Waals surface area contributed by atoms with E-state index in [1.54, 1.807) is 13.8 Å². The van der Waals surface area contributed by atoms with E-state index in [0.717, 1.165) is 4.89 Å². The molecule has 62 valence electrons. The van der Waals surface area contributed by atoms with Gasteiger partial charge in [0.05, 0.1) is 6.61 Å². The van der Waals surface area contributed by atoms with Crippen LogP contribution in [0.15, 0.2) is 0 Å². The molecule has 0 rings (SSSR count). The molecule has 0 fully saturated rings. The van der Waals surface area contributed by atoms with Crippen LogP contribution in [0.3, 0.4) is 0 Å². The first-order chi connectivity index (χ1) is 4.48. The quantitative estimate of drug-likeness (QED) is 0.575. The summed E-state index contributed by atoms with van der Waals surface area (Å²) in [5.74, 6) is 0.114. The predicted octanol–water partition coefficient (Wildman–Crippen LogP) is -0.117. The molecule has 0 saturated carbocycles. The molecule has 0 radical (unpaired) electrons. The van der Waals surface area contributed by atoms with E-state index in [0.29, 0.717) is 0 Å². The van der Waals surface area contributed by atoms with Gasteiger partial charge in [-0.15, -0.1) is 0 Å². The van der Waals surface area contributed by atoms with Crippen molar-refractivity contribution in [1.29, 1.82) is 0 Å². The van der Waals surface area contributed by atoms with Gasteiger partial charge in [0.2, 0.25) is 0 Å². The SMILES string of the molecule is CC(C)COS(=O)(=O)NO. The maximum atomic E-state index is 10.3. The Bertz CT molecular complexity index is 174. The lowest BCUT2D eigenvalue weighted by atomic mass is 10.2. The van der Waals surface area contributed by atoms with Crippen molar-refractivity contribution in [2.24, 2.45) is 5.92 Å². The second kappa shape index (κ2) is 3.87. The second-order valence-corrected chi connectivity index (χ2v) is 3.55. The van der Waals surface area contributed by atoms with Gasteiger partial charge in [-0.05, 0) is 5.92 Å². The molecule has 10 heavy (non-hydrogen) atoms. The zero-order valence-electron chi connectivity index (χ0n) is 5.86. The van der Waals surface area contributed by atoms with E-state index in [1.807, 2.05) is 0 Å². The molecule has 0 atom stereocenters. The van der Waals surface area contributed by atoms with Gasteiger partial charge < -0.3 is 5.21 Å². The third-order valence-corrected chi connectivity index (χ3v) is 1.34. The Kier molecular flexibility index (Phi) is 3.80. The average Bonchev–Trinajstić information content (AvgIpc) is 1.85. The summed E-state index contributed by atoms with van der Waals surface area (Å²) in [5.41, 5.74) is 0. The van der Waals surface area contributed by atoms with Gasteiger partial charge in [0, 0.05) is 0 Å². The molecule has 0 aliphatic heterocycles. The molecule has 0 amide bonds.